The van der Waals surface area contributed by atoms with E-state index in [4.69, 9.17) is 10.2 Å². The minimum absolute atomic E-state index is 0.308. The average molecular weight is 288 g/mol. The van der Waals surface area contributed by atoms with Gasteiger partial charge in [-0.05, 0) is 24.6 Å². The number of aryl methyl sites for hydroxylation is 1. The smallest absolute Gasteiger partial charge is 0.223 e. The number of anilines is 2. The molecule has 3 N–H and O–H groups in total. The lowest BCUT2D eigenvalue weighted by atomic mass is 10.3. The highest BCUT2D eigenvalue weighted by Gasteiger charge is 2.10. The van der Waals surface area contributed by atoms with Crippen LogP contribution in [0.5, 0.6) is 0 Å². The van der Waals surface area contributed by atoms with E-state index < -0.39 is 0 Å². The van der Waals surface area contributed by atoms with Gasteiger partial charge in [-0.25, -0.2) is 4.98 Å². The summed E-state index contributed by atoms with van der Waals surface area (Å²) in [5, 5.41) is 4.36. The molecule has 0 radical (unpaired) electrons. The fourth-order valence-corrected chi connectivity index (χ4v) is 3.03. The fourth-order valence-electron chi connectivity index (χ4n) is 2.06. The molecule has 0 bridgehead atoms. The van der Waals surface area contributed by atoms with E-state index >= 15 is 0 Å². The second kappa shape index (κ2) is 5.50. The van der Waals surface area contributed by atoms with Gasteiger partial charge in [0.1, 0.15) is 16.4 Å². The maximum Gasteiger partial charge on any atom is 0.223 e. The van der Waals surface area contributed by atoms with Gasteiger partial charge in [0, 0.05) is 17.8 Å². The number of hydrogen-bond donors (Lipinski definition) is 2. The molecule has 0 amide bonds. The van der Waals surface area contributed by atoms with Gasteiger partial charge in [-0.1, -0.05) is 6.92 Å². The van der Waals surface area contributed by atoms with Gasteiger partial charge in [0.25, 0.3) is 0 Å². The van der Waals surface area contributed by atoms with Crippen molar-refractivity contribution in [1.29, 1.82) is 0 Å². The molecule has 20 heavy (non-hydrogen) atoms. The number of furan rings is 1. The maximum atomic E-state index is 5.77. The van der Waals surface area contributed by atoms with E-state index in [1.165, 1.54) is 4.88 Å². The maximum absolute atomic E-state index is 5.77. The zero-order valence-corrected chi connectivity index (χ0v) is 12.0. The van der Waals surface area contributed by atoms with E-state index in [0.29, 0.717) is 5.95 Å². The van der Waals surface area contributed by atoms with E-state index in [-0.39, 0.29) is 0 Å². The monoisotopic (exact) mass is 288 g/mol. The molecule has 0 atom stereocenters. The van der Waals surface area contributed by atoms with Crippen LogP contribution in [0.3, 0.4) is 0 Å². The Labute approximate surface area is 120 Å². The number of nitrogen functional groups attached to an aromatic ring is 1. The molecule has 0 aliphatic carbocycles. The van der Waals surface area contributed by atoms with Gasteiger partial charge < -0.3 is 15.5 Å². The van der Waals surface area contributed by atoms with Crippen molar-refractivity contribution >= 4 is 33.3 Å². The van der Waals surface area contributed by atoms with Crippen molar-refractivity contribution in [2.45, 2.75) is 19.8 Å². The first-order chi connectivity index (χ1) is 9.76. The van der Waals surface area contributed by atoms with E-state index in [0.717, 1.165) is 41.2 Å². The number of rotatable bonds is 5. The zero-order valence-electron chi connectivity index (χ0n) is 11.2. The molecule has 3 aromatic rings. The molecule has 3 aromatic heterocycles. The lowest BCUT2D eigenvalue weighted by Crippen LogP contribution is -2.07. The van der Waals surface area contributed by atoms with Gasteiger partial charge >= 0.3 is 0 Å². The molecule has 0 aromatic carbocycles. The largest absolute Gasteiger partial charge is 0.469 e. The summed E-state index contributed by atoms with van der Waals surface area (Å²) in [6, 6.07) is 5.99. The quantitative estimate of drug-likeness (QED) is 0.754. The van der Waals surface area contributed by atoms with Crippen molar-refractivity contribution in [2.75, 3.05) is 17.6 Å². The Bertz CT molecular complexity index is 705. The van der Waals surface area contributed by atoms with Crippen molar-refractivity contribution in [1.82, 2.24) is 9.97 Å². The second-order valence-corrected chi connectivity index (χ2v) is 5.59. The van der Waals surface area contributed by atoms with E-state index in [2.05, 4.69) is 28.3 Å². The van der Waals surface area contributed by atoms with Crippen molar-refractivity contribution in [3.05, 3.63) is 35.1 Å². The van der Waals surface area contributed by atoms with Gasteiger partial charge in [-0.3, -0.25) is 0 Å². The van der Waals surface area contributed by atoms with Crippen LogP contribution in [-0.4, -0.2) is 16.5 Å². The number of aromatic nitrogens is 2. The highest BCUT2D eigenvalue weighted by molar-refractivity contribution is 7.18. The molecule has 0 saturated carbocycles. The highest BCUT2D eigenvalue weighted by atomic mass is 32.1. The van der Waals surface area contributed by atoms with Crippen LogP contribution in [-0.2, 0) is 12.8 Å². The highest BCUT2D eigenvalue weighted by Crippen LogP contribution is 2.29. The SMILES string of the molecule is CCc1cc2c(NCCc3ccco3)nc(N)nc2s1. The Morgan fingerprint density at radius 2 is 2.30 bits per heavy atom. The Morgan fingerprint density at radius 1 is 1.40 bits per heavy atom. The van der Waals surface area contributed by atoms with Crippen LogP contribution >= 0.6 is 11.3 Å². The van der Waals surface area contributed by atoms with Crippen LogP contribution < -0.4 is 11.1 Å². The third-order valence-electron chi connectivity index (χ3n) is 3.05. The molecular weight excluding hydrogens is 272 g/mol. The number of nitrogens with one attached hydrogen (secondary N) is 1. The summed E-state index contributed by atoms with van der Waals surface area (Å²) in [4.78, 5) is 10.8. The zero-order chi connectivity index (χ0) is 13.9. The Kier molecular flexibility index (Phi) is 3.56. The molecule has 104 valence electrons. The summed E-state index contributed by atoms with van der Waals surface area (Å²) < 4.78 is 5.31. The Balaban J connectivity index is 1.80. The van der Waals surface area contributed by atoms with E-state index in [1.54, 1.807) is 17.6 Å². The Morgan fingerprint density at radius 3 is 3.05 bits per heavy atom. The molecule has 0 aliphatic rings. The molecular formula is C14H16N4OS. The summed E-state index contributed by atoms with van der Waals surface area (Å²) in [6.45, 7) is 2.88. The molecule has 3 heterocycles. The third kappa shape index (κ3) is 2.60. The van der Waals surface area contributed by atoms with E-state index in [9.17, 15) is 0 Å². The molecule has 0 saturated heterocycles. The van der Waals surface area contributed by atoms with Crippen LogP contribution in [0, 0.1) is 0 Å². The topological polar surface area (TPSA) is 77.0 Å². The number of nitrogens with two attached hydrogens (primary N) is 1. The number of thiophene rings is 1. The lowest BCUT2D eigenvalue weighted by molar-refractivity contribution is 0.513. The first-order valence-electron chi connectivity index (χ1n) is 6.58. The molecule has 0 aliphatic heterocycles. The van der Waals surface area contributed by atoms with Crippen molar-refractivity contribution in [2.24, 2.45) is 0 Å². The van der Waals surface area contributed by atoms with E-state index in [1.807, 2.05) is 12.1 Å². The second-order valence-electron chi connectivity index (χ2n) is 4.47. The van der Waals surface area contributed by atoms with Crippen LogP contribution in [0.25, 0.3) is 10.2 Å². The molecule has 3 rings (SSSR count). The number of nitrogens with zero attached hydrogens (tertiary/aromatic N) is 2. The summed E-state index contributed by atoms with van der Waals surface area (Å²) >= 11 is 1.67. The number of fused-ring (bicyclic) bond motifs is 1. The van der Waals surface area contributed by atoms with Gasteiger partial charge in [0.15, 0.2) is 0 Å². The molecule has 6 heteroatoms. The molecule has 0 unspecified atom stereocenters. The van der Waals surface area contributed by atoms with Crippen LogP contribution in [0.15, 0.2) is 28.9 Å². The van der Waals surface area contributed by atoms with Crippen molar-refractivity contribution in [3.8, 4) is 0 Å². The minimum atomic E-state index is 0.308. The van der Waals surface area contributed by atoms with Gasteiger partial charge in [0.05, 0.1) is 11.6 Å². The minimum Gasteiger partial charge on any atom is -0.469 e. The molecule has 5 nitrogen and oxygen atoms in total. The van der Waals surface area contributed by atoms with Crippen LogP contribution in [0.1, 0.15) is 17.6 Å². The normalized spacial score (nSPS) is 11.1. The van der Waals surface area contributed by atoms with Crippen molar-refractivity contribution < 1.29 is 4.42 Å². The first-order valence-corrected chi connectivity index (χ1v) is 7.40. The third-order valence-corrected chi connectivity index (χ3v) is 4.23. The van der Waals surface area contributed by atoms with Crippen LogP contribution in [0.4, 0.5) is 11.8 Å². The summed E-state index contributed by atoms with van der Waals surface area (Å²) in [5.74, 6) is 2.06. The van der Waals surface area contributed by atoms with Gasteiger partial charge in [-0.2, -0.15) is 4.98 Å². The predicted octanol–water partition coefficient (Wildman–Crippen LogP) is 3.08. The summed E-state index contributed by atoms with van der Waals surface area (Å²) in [5.41, 5.74) is 5.77. The summed E-state index contributed by atoms with van der Waals surface area (Å²) in [7, 11) is 0. The fraction of sp³-hybridized carbons (Fsp3) is 0.286. The van der Waals surface area contributed by atoms with Gasteiger partial charge in [-0.15, -0.1) is 11.3 Å². The van der Waals surface area contributed by atoms with Gasteiger partial charge in [0.2, 0.25) is 5.95 Å². The van der Waals surface area contributed by atoms with Crippen LogP contribution in [0.2, 0.25) is 0 Å². The molecule has 0 spiro atoms. The summed E-state index contributed by atoms with van der Waals surface area (Å²) in [6.07, 6.45) is 3.48. The number of hydrogen-bond acceptors (Lipinski definition) is 6. The predicted molar refractivity (Wildman–Crippen MR) is 82.1 cm³/mol. The first kappa shape index (κ1) is 12.9. The lowest BCUT2D eigenvalue weighted by Gasteiger charge is -2.06. The molecule has 0 fully saturated rings. The standard InChI is InChI=1S/C14H16N4OS/c1-2-10-8-11-12(17-14(15)18-13(11)20-10)16-6-5-9-4-3-7-19-9/h3-4,7-8H,2,5-6H2,1H3,(H3,15,16,17,18). The van der Waals surface area contributed by atoms with Crippen molar-refractivity contribution in [3.63, 3.8) is 0 Å². The Hall–Kier alpha value is -2.08. The average Bonchev–Trinajstić information content (AvgIpc) is 3.06.